The molecule has 20 heavy (non-hydrogen) atoms. The van der Waals surface area contributed by atoms with Gasteiger partial charge in [0, 0.05) is 12.1 Å². The first-order valence-corrected chi connectivity index (χ1v) is 7.34. The first kappa shape index (κ1) is 14.9. The second kappa shape index (κ2) is 6.27. The Balaban J connectivity index is 2.02. The molecule has 2 rings (SSSR count). The zero-order chi connectivity index (χ0) is 14.7. The van der Waals surface area contributed by atoms with Crippen LogP contribution in [-0.2, 0) is 11.2 Å². The predicted octanol–water partition coefficient (Wildman–Crippen LogP) is 2.05. The molecule has 0 aromatic heterocycles. The highest BCUT2D eigenvalue weighted by molar-refractivity contribution is 5.82. The van der Waals surface area contributed by atoms with Crippen LogP contribution in [0.25, 0.3) is 0 Å². The standard InChI is InChI=1S/C16H24N2O2/c1-11-4-3-5-12(2)18(11)16(20)15(17)10-13-6-8-14(19)9-7-13/h6-9,11-12,15,19H,3-5,10,17H2,1-2H3/t11-,12+,15?. The van der Waals surface area contributed by atoms with E-state index in [-0.39, 0.29) is 23.7 Å². The second-order valence-electron chi connectivity index (χ2n) is 5.85. The van der Waals surface area contributed by atoms with Gasteiger partial charge in [0.2, 0.25) is 5.91 Å². The van der Waals surface area contributed by atoms with Crippen molar-refractivity contribution in [2.75, 3.05) is 0 Å². The van der Waals surface area contributed by atoms with Gasteiger partial charge < -0.3 is 15.7 Å². The molecule has 1 saturated heterocycles. The summed E-state index contributed by atoms with van der Waals surface area (Å²) in [6, 6.07) is 6.91. The Hall–Kier alpha value is -1.55. The number of benzene rings is 1. The third kappa shape index (κ3) is 3.31. The maximum atomic E-state index is 12.5. The van der Waals surface area contributed by atoms with Crippen molar-refractivity contribution in [1.29, 1.82) is 0 Å². The summed E-state index contributed by atoms with van der Waals surface area (Å²) in [4.78, 5) is 14.5. The number of rotatable bonds is 3. The molecule has 0 saturated carbocycles. The second-order valence-corrected chi connectivity index (χ2v) is 5.85. The number of hydrogen-bond donors (Lipinski definition) is 2. The molecule has 3 atom stereocenters. The lowest BCUT2D eigenvalue weighted by atomic mass is 9.95. The van der Waals surface area contributed by atoms with Gasteiger partial charge in [-0.1, -0.05) is 12.1 Å². The van der Waals surface area contributed by atoms with E-state index in [0.29, 0.717) is 6.42 Å². The number of phenolic OH excluding ortho intramolecular Hbond substituents is 1. The van der Waals surface area contributed by atoms with Crippen LogP contribution in [0.5, 0.6) is 5.75 Å². The van der Waals surface area contributed by atoms with Crippen molar-refractivity contribution < 1.29 is 9.90 Å². The van der Waals surface area contributed by atoms with E-state index >= 15 is 0 Å². The zero-order valence-electron chi connectivity index (χ0n) is 12.2. The van der Waals surface area contributed by atoms with Crippen LogP contribution in [0.2, 0.25) is 0 Å². The largest absolute Gasteiger partial charge is 0.508 e. The van der Waals surface area contributed by atoms with Gasteiger partial charge in [-0.25, -0.2) is 0 Å². The Morgan fingerprint density at radius 3 is 2.40 bits per heavy atom. The maximum absolute atomic E-state index is 12.5. The number of piperidine rings is 1. The molecular formula is C16H24N2O2. The number of nitrogens with two attached hydrogens (primary N) is 1. The number of likely N-dealkylation sites (tertiary alicyclic amines) is 1. The number of carbonyl (C=O) groups excluding carboxylic acids is 1. The molecule has 1 unspecified atom stereocenters. The Morgan fingerprint density at radius 2 is 1.85 bits per heavy atom. The summed E-state index contributed by atoms with van der Waals surface area (Å²) in [5.74, 6) is 0.268. The summed E-state index contributed by atoms with van der Waals surface area (Å²) in [6.45, 7) is 4.20. The van der Waals surface area contributed by atoms with E-state index in [2.05, 4.69) is 13.8 Å². The lowest BCUT2D eigenvalue weighted by Gasteiger charge is -2.40. The van der Waals surface area contributed by atoms with Crippen molar-refractivity contribution >= 4 is 5.91 Å². The van der Waals surface area contributed by atoms with Crippen LogP contribution in [-0.4, -0.2) is 34.0 Å². The van der Waals surface area contributed by atoms with Crippen LogP contribution in [0.3, 0.4) is 0 Å². The van der Waals surface area contributed by atoms with E-state index in [1.54, 1.807) is 12.1 Å². The molecule has 4 heteroatoms. The molecular weight excluding hydrogens is 252 g/mol. The highest BCUT2D eigenvalue weighted by Gasteiger charge is 2.31. The number of amides is 1. The summed E-state index contributed by atoms with van der Waals surface area (Å²) in [5.41, 5.74) is 7.06. The molecule has 0 spiro atoms. The van der Waals surface area contributed by atoms with Gasteiger partial charge in [-0.15, -0.1) is 0 Å². The molecule has 1 aliphatic rings. The molecule has 1 aromatic rings. The third-order valence-corrected chi connectivity index (χ3v) is 4.16. The van der Waals surface area contributed by atoms with Crippen molar-refractivity contribution in [2.24, 2.45) is 5.73 Å². The Bertz CT molecular complexity index is 448. The van der Waals surface area contributed by atoms with Crippen LogP contribution in [0.15, 0.2) is 24.3 Å². The number of aromatic hydroxyl groups is 1. The topological polar surface area (TPSA) is 66.6 Å². The fourth-order valence-corrected chi connectivity index (χ4v) is 3.02. The number of phenols is 1. The van der Waals surface area contributed by atoms with Crippen LogP contribution in [0.4, 0.5) is 0 Å². The highest BCUT2D eigenvalue weighted by Crippen LogP contribution is 2.23. The first-order valence-electron chi connectivity index (χ1n) is 7.34. The summed E-state index contributed by atoms with van der Waals surface area (Å²) in [7, 11) is 0. The van der Waals surface area contributed by atoms with Gasteiger partial charge in [-0.3, -0.25) is 4.79 Å². The fourth-order valence-electron chi connectivity index (χ4n) is 3.02. The Kier molecular flexibility index (Phi) is 4.65. The van der Waals surface area contributed by atoms with Gasteiger partial charge in [0.15, 0.2) is 0 Å². The number of nitrogens with zero attached hydrogens (tertiary/aromatic N) is 1. The predicted molar refractivity (Wildman–Crippen MR) is 79.4 cm³/mol. The summed E-state index contributed by atoms with van der Waals surface area (Å²) < 4.78 is 0. The third-order valence-electron chi connectivity index (χ3n) is 4.16. The van der Waals surface area contributed by atoms with Crippen molar-refractivity contribution in [3.05, 3.63) is 29.8 Å². The minimum atomic E-state index is -0.512. The molecule has 0 aliphatic carbocycles. The Labute approximate surface area is 120 Å². The van der Waals surface area contributed by atoms with Crippen molar-refractivity contribution in [1.82, 2.24) is 4.90 Å². The van der Waals surface area contributed by atoms with Crippen molar-refractivity contribution in [2.45, 2.75) is 57.7 Å². The average molecular weight is 276 g/mol. The van der Waals surface area contributed by atoms with E-state index in [0.717, 1.165) is 18.4 Å². The fraction of sp³-hybridized carbons (Fsp3) is 0.562. The molecule has 110 valence electrons. The quantitative estimate of drug-likeness (QED) is 0.888. The molecule has 1 fully saturated rings. The zero-order valence-corrected chi connectivity index (χ0v) is 12.2. The van der Waals surface area contributed by atoms with Gasteiger partial charge in [0.05, 0.1) is 6.04 Å². The van der Waals surface area contributed by atoms with Gasteiger partial charge in [0.1, 0.15) is 5.75 Å². The average Bonchev–Trinajstić information content (AvgIpc) is 2.41. The molecule has 0 radical (unpaired) electrons. The SMILES string of the molecule is C[C@@H]1CCC[C@H](C)N1C(=O)C(N)Cc1ccc(O)cc1. The van der Waals surface area contributed by atoms with E-state index in [4.69, 9.17) is 5.73 Å². The van der Waals surface area contributed by atoms with Gasteiger partial charge in [-0.05, 0) is 57.2 Å². The van der Waals surface area contributed by atoms with Crippen LogP contribution < -0.4 is 5.73 Å². The van der Waals surface area contributed by atoms with E-state index < -0.39 is 6.04 Å². The number of hydrogen-bond acceptors (Lipinski definition) is 3. The minimum absolute atomic E-state index is 0.0396. The molecule has 0 bridgehead atoms. The lowest BCUT2D eigenvalue weighted by Crippen LogP contribution is -2.54. The highest BCUT2D eigenvalue weighted by atomic mass is 16.3. The summed E-state index contributed by atoms with van der Waals surface area (Å²) in [5, 5.41) is 9.27. The van der Waals surface area contributed by atoms with E-state index in [1.807, 2.05) is 17.0 Å². The molecule has 3 N–H and O–H groups in total. The van der Waals surface area contributed by atoms with Crippen LogP contribution >= 0.6 is 0 Å². The maximum Gasteiger partial charge on any atom is 0.240 e. The summed E-state index contributed by atoms with van der Waals surface area (Å²) >= 11 is 0. The number of carbonyl (C=O) groups is 1. The van der Waals surface area contributed by atoms with E-state index in [9.17, 15) is 9.90 Å². The molecule has 1 heterocycles. The van der Waals surface area contributed by atoms with Crippen molar-refractivity contribution in [3.63, 3.8) is 0 Å². The van der Waals surface area contributed by atoms with Gasteiger partial charge in [-0.2, -0.15) is 0 Å². The van der Waals surface area contributed by atoms with Crippen LogP contribution in [0.1, 0.15) is 38.7 Å². The normalized spacial score (nSPS) is 24.4. The molecule has 1 aliphatic heterocycles. The van der Waals surface area contributed by atoms with Crippen molar-refractivity contribution in [3.8, 4) is 5.75 Å². The van der Waals surface area contributed by atoms with E-state index in [1.165, 1.54) is 6.42 Å². The molecule has 1 aromatic carbocycles. The monoisotopic (exact) mass is 276 g/mol. The molecule has 1 amide bonds. The Morgan fingerprint density at radius 1 is 1.30 bits per heavy atom. The minimum Gasteiger partial charge on any atom is -0.508 e. The molecule has 4 nitrogen and oxygen atoms in total. The lowest BCUT2D eigenvalue weighted by molar-refractivity contribution is -0.138. The summed E-state index contributed by atoms with van der Waals surface area (Å²) in [6.07, 6.45) is 3.80. The van der Waals surface area contributed by atoms with Gasteiger partial charge >= 0.3 is 0 Å². The van der Waals surface area contributed by atoms with Crippen LogP contribution in [0, 0.1) is 0 Å². The smallest absolute Gasteiger partial charge is 0.240 e. The van der Waals surface area contributed by atoms with Gasteiger partial charge in [0.25, 0.3) is 0 Å². The first-order chi connectivity index (χ1) is 9.49.